The van der Waals surface area contributed by atoms with Crippen LogP contribution in [0.5, 0.6) is 17.2 Å². The van der Waals surface area contributed by atoms with Gasteiger partial charge in [-0.3, -0.25) is 0 Å². The highest BCUT2D eigenvalue weighted by Gasteiger charge is 2.09. The maximum absolute atomic E-state index is 10.4. The van der Waals surface area contributed by atoms with Crippen molar-refractivity contribution in [2.75, 3.05) is 14.2 Å². The highest BCUT2D eigenvalue weighted by atomic mass is 16.5. The van der Waals surface area contributed by atoms with Crippen molar-refractivity contribution in [3.8, 4) is 17.2 Å². The van der Waals surface area contributed by atoms with Gasteiger partial charge < -0.3 is 20.3 Å². The van der Waals surface area contributed by atoms with E-state index in [1.165, 1.54) is 26.5 Å². The summed E-state index contributed by atoms with van der Waals surface area (Å²) in [6.45, 7) is 0. The van der Waals surface area contributed by atoms with Crippen molar-refractivity contribution in [2.24, 2.45) is 10.8 Å². The number of nitrogens with one attached hydrogen (secondary N) is 1. The van der Waals surface area contributed by atoms with Crippen molar-refractivity contribution in [3.05, 3.63) is 17.7 Å². The van der Waals surface area contributed by atoms with Crippen LogP contribution in [0.25, 0.3) is 0 Å². The molecule has 2 amide bonds. The first kappa shape index (κ1) is 12.6. The van der Waals surface area contributed by atoms with Gasteiger partial charge >= 0.3 is 6.03 Å². The summed E-state index contributed by atoms with van der Waals surface area (Å²) in [5.74, 6) is 0.715. The molecule has 0 radical (unpaired) electrons. The number of nitrogens with zero attached hydrogens (tertiary/aromatic N) is 1. The van der Waals surface area contributed by atoms with Gasteiger partial charge in [0.2, 0.25) is 0 Å². The molecule has 0 aliphatic carbocycles. The number of hydrogen-bond acceptors (Lipinski definition) is 5. The van der Waals surface area contributed by atoms with E-state index in [1.807, 2.05) is 5.43 Å². The van der Waals surface area contributed by atoms with Crippen LogP contribution >= 0.6 is 0 Å². The smallest absolute Gasteiger partial charge is 0.332 e. The molecule has 0 saturated heterocycles. The van der Waals surface area contributed by atoms with E-state index in [2.05, 4.69) is 5.10 Å². The number of phenols is 1. The van der Waals surface area contributed by atoms with Crippen molar-refractivity contribution >= 4 is 12.2 Å². The Hall–Kier alpha value is -2.44. The number of aromatic hydroxyl groups is 1. The number of benzene rings is 1. The van der Waals surface area contributed by atoms with Crippen LogP contribution in [0.4, 0.5) is 4.79 Å². The Balaban J connectivity index is 3.05. The Morgan fingerprint density at radius 2 is 2.18 bits per heavy atom. The third kappa shape index (κ3) is 3.26. The minimum absolute atomic E-state index is 0.0868. The van der Waals surface area contributed by atoms with Crippen molar-refractivity contribution in [3.63, 3.8) is 0 Å². The van der Waals surface area contributed by atoms with Crippen LogP contribution in [-0.2, 0) is 0 Å². The van der Waals surface area contributed by atoms with Crippen molar-refractivity contribution in [1.29, 1.82) is 0 Å². The first-order valence-electron chi connectivity index (χ1n) is 4.62. The summed E-state index contributed by atoms with van der Waals surface area (Å²) < 4.78 is 10.0. The summed E-state index contributed by atoms with van der Waals surface area (Å²) in [6.07, 6.45) is 1.22. The molecule has 0 unspecified atom stereocenters. The summed E-state index contributed by atoms with van der Waals surface area (Å²) in [5, 5.41) is 13.2. The number of carbonyl (C=O) groups is 1. The average molecular weight is 239 g/mol. The van der Waals surface area contributed by atoms with Crippen molar-refractivity contribution in [1.82, 2.24) is 5.43 Å². The monoisotopic (exact) mass is 239 g/mol. The van der Waals surface area contributed by atoms with E-state index >= 15 is 0 Å². The molecule has 92 valence electrons. The van der Waals surface area contributed by atoms with Crippen LogP contribution < -0.4 is 20.6 Å². The number of nitrogens with two attached hydrogens (primary N) is 1. The number of methoxy groups -OCH3 is 2. The minimum Gasteiger partial charge on any atom is -0.507 e. The fourth-order valence-electron chi connectivity index (χ4n) is 1.16. The predicted molar refractivity (Wildman–Crippen MR) is 61.5 cm³/mol. The van der Waals surface area contributed by atoms with E-state index in [-0.39, 0.29) is 5.75 Å². The van der Waals surface area contributed by atoms with E-state index in [4.69, 9.17) is 15.2 Å². The summed E-state index contributed by atoms with van der Waals surface area (Å²) in [5.41, 5.74) is 7.15. The normalized spacial score (nSPS) is 10.2. The lowest BCUT2D eigenvalue weighted by atomic mass is 10.2. The van der Waals surface area contributed by atoms with Gasteiger partial charge in [-0.05, 0) is 0 Å². The van der Waals surface area contributed by atoms with Crippen LogP contribution in [0.3, 0.4) is 0 Å². The summed E-state index contributed by atoms with van der Waals surface area (Å²) in [7, 11) is 2.91. The van der Waals surface area contributed by atoms with E-state index in [9.17, 15) is 9.90 Å². The molecule has 0 aliphatic rings. The molecular formula is C10H13N3O4. The minimum atomic E-state index is -0.798. The fraction of sp³-hybridized carbons (Fsp3) is 0.200. The number of hydrogen-bond donors (Lipinski definition) is 3. The van der Waals surface area contributed by atoms with Gasteiger partial charge in [0.15, 0.2) is 0 Å². The van der Waals surface area contributed by atoms with Crippen LogP contribution in [0.15, 0.2) is 17.2 Å². The SMILES string of the molecule is COc1cc(O)c(/C=N\NC(N)=O)c(OC)c1. The zero-order valence-corrected chi connectivity index (χ0v) is 9.43. The number of urea groups is 1. The van der Waals surface area contributed by atoms with Gasteiger partial charge in [-0.25, -0.2) is 10.2 Å². The Labute approximate surface area is 97.8 Å². The third-order valence-electron chi connectivity index (χ3n) is 1.92. The number of amides is 2. The van der Waals surface area contributed by atoms with Crippen LogP contribution in [0, 0.1) is 0 Å². The number of rotatable bonds is 4. The van der Waals surface area contributed by atoms with E-state index in [0.29, 0.717) is 17.1 Å². The van der Waals surface area contributed by atoms with Crippen molar-refractivity contribution < 1.29 is 19.4 Å². The average Bonchev–Trinajstić information content (AvgIpc) is 2.30. The molecule has 0 saturated carbocycles. The Bertz CT molecular complexity index is 445. The Morgan fingerprint density at radius 1 is 1.47 bits per heavy atom. The zero-order chi connectivity index (χ0) is 12.8. The molecule has 1 rings (SSSR count). The van der Waals surface area contributed by atoms with Gasteiger partial charge in [0.1, 0.15) is 17.2 Å². The van der Waals surface area contributed by atoms with Gasteiger partial charge in [0, 0.05) is 12.1 Å². The van der Waals surface area contributed by atoms with E-state index in [1.54, 1.807) is 6.07 Å². The molecule has 1 aromatic carbocycles. The zero-order valence-electron chi connectivity index (χ0n) is 9.43. The van der Waals surface area contributed by atoms with Gasteiger partial charge in [0.05, 0.1) is 26.0 Å². The highest BCUT2D eigenvalue weighted by Crippen LogP contribution is 2.31. The summed E-state index contributed by atoms with van der Waals surface area (Å²) in [4.78, 5) is 10.4. The van der Waals surface area contributed by atoms with Gasteiger partial charge in [-0.2, -0.15) is 5.10 Å². The second-order valence-corrected chi connectivity index (χ2v) is 3.00. The van der Waals surface area contributed by atoms with Gasteiger partial charge in [-0.1, -0.05) is 0 Å². The third-order valence-corrected chi connectivity index (χ3v) is 1.92. The second-order valence-electron chi connectivity index (χ2n) is 3.00. The largest absolute Gasteiger partial charge is 0.507 e. The second kappa shape index (κ2) is 5.59. The molecule has 4 N–H and O–H groups in total. The molecule has 0 atom stereocenters. The molecule has 7 nitrogen and oxygen atoms in total. The standard InChI is InChI=1S/C10H13N3O4/c1-16-6-3-8(14)7(9(4-6)17-2)5-12-13-10(11)15/h3-5,14H,1-2H3,(H3,11,13,15)/b12-5-. The Morgan fingerprint density at radius 3 is 2.71 bits per heavy atom. The molecule has 0 bridgehead atoms. The van der Waals surface area contributed by atoms with Crippen LogP contribution in [0.2, 0.25) is 0 Å². The molecule has 7 heteroatoms. The maximum atomic E-state index is 10.4. The highest BCUT2D eigenvalue weighted by molar-refractivity contribution is 5.88. The van der Waals surface area contributed by atoms with Crippen molar-refractivity contribution in [2.45, 2.75) is 0 Å². The molecule has 0 fully saturated rings. The lowest BCUT2D eigenvalue weighted by Gasteiger charge is -2.09. The maximum Gasteiger partial charge on any atom is 0.332 e. The molecular weight excluding hydrogens is 226 g/mol. The quantitative estimate of drug-likeness (QED) is 0.522. The first-order valence-corrected chi connectivity index (χ1v) is 4.62. The summed E-state index contributed by atoms with van der Waals surface area (Å²) in [6, 6.07) is 2.17. The number of primary amides is 1. The molecule has 1 aromatic rings. The number of ether oxygens (including phenoxy) is 2. The predicted octanol–water partition coefficient (Wildman–Crippen LogP) is 0.412. The fourth-order valence-corrected chi connectivity index (χ4v) is 1.16. The van der Waals surface area contributed by atoms with Gasteiger partial charge in [0.25, 0.3) is 0 Å². The molecule has 17 heavy (non-hydrogen) atoms. The number of carbonyl (C=O) groups excluding carboxylic acids is 1. The molecule has 0 heterocycles. The lowest BCUT2D eigenvalue weighted by Crippen LogP contribution is -2.24. The number of hydrazone groups is 1. The molecule has 0 aromatic heterocycles. The molecule has 0 spiro atoms. The number of phenolic OH excluding ortho intramolecular Hbond substituents is 1. The first-order chi connectivity index (χ1) is 8.08. The van der Waals surface area contributed by atoms with Crippen LogP contribution in [-0.4, -0.2) is 31.6 Å². The lowest BCUT2D eigenvalue weighted by molar-refractivity contribution is 0.249. The Kier molecular flexibility index (Phi) is 4.15. The summed E-state index contributed by atoms with van der Waals surface area (Å²) >= 11 is 0. The van der Waals surface area contributed by atoms with Crippen LogP contribution in [0.1, 0.15) is 5.56 Å². The van der Waals surface area contributed by atoms with E-state index < -0.39 is 6.03 Å². The van der Waals surface area contributed by atoms with Gasteiger partial charge in [-0.15, -0.1) is 0 Å². The molecule has 0 aliphatic heterocycles. The van der Waals surface area contributed by atoms with E-state index in [0.717, 1.165) is 0 Å². The topological polar surface area (TPSA) is 106 Å².